The van der Waals surface area contributed by atoms with Crippen LogP contribution in [0.5, 0.6) is 0 Å². The van der Waals surface area contributed by atoms with E-state index in [2.05, 4.69) is 10.4 Å². The van der Waals surface area contributed by atoms with Crippen LogP contribution in [0, 0.1) is 0 Å². The number of benzene rings is 3. The number of sulfonamides is 1. The van der Waals surface area contributed by atoms with Gasteiger partial charge in [-0.15, -0.1) is 0 Å². The molecular weight excluding hydrogens is 464 g/mol. The molecule has 4 rings (SSSR count). The second kappa shape index (κ2) is 9.65. The van der Waals surface area contributed by atoms with Gasteiger partial charge >= 0.3 is 0 Å². The highest BCUT2D eigenvalue weighted by Crippen LogP contribution is 2.25. The van der Waals surface area contributed by atoms with E-state index in [1.807, 2.05) is 30.3 Å². The Hall–Kier alpha value is -4.08. The van der Waals surface area contributed by atoms with E-state index in [9.17, 15) is 18.0 Å². The molecule has 2 amide bonds. The van der Waals surface area contributed by atoms with E-state index in [0.29, 0.717) is 28.2 Å². The molecule has 0 fully saturated rings. The van der Waals surface area contributed by atoms with E-state index in [1.54, 1.807) is 37.3 Å². The fraction of sp³-hybridized carbons (Fsp3) is 0.115. The number of anilines is 2. The van der Waals surface area contributed by atoms with Gasteiger partial charge in [0, 0.05) is 25.3 Å². The number of amides is 2. The van der Waals surface area contributed by atoms with Gasteiger partial charge in [-0.3, -0.25) is 9.59 Å². The monoisotopic (exact) mass is 488 g/mol. The Bertz CT molecular complexity index is 1430. The fourth-order valence-electron chi connectivity index (χ4n) is 3.45. The van der Waals surface area contributed by atoms with Crippen molar-refractivity contribution in [2.24, 2.45) is 5.10 Å². The number of hydrogen-bond acceptors (Lipinski definition) is 5. The summed E-state index contributed by atoms with van der Waals surface area (Å²) in [5.74, 6) is -0.567. The molecule has 0 bridgehead atoms. The summed E-state index contributed by atoms with van der Waals surface area (Å²) in [6, 6.07) is 22.0. The zero-order valence-electron chi connectivity index (χ0n) is 19.5. The zero-order chi connectivity index (χ0) is 25.2. The lowest BCUT2D eigenvalue weighted by atomic mass is 10.1. The Morgan fingerprint density at radius 2 is 1.57 bits per heavy atom. The van der Waals surface area contributed by atoms with E-state index in [1.165, 1.54) is 43.4 Å². The molecule has 1 N–H and O–H groups in total. The molecule has 0 saturated heterocycles. The number of nitrogens with zero attached hydrogens (tertiary/aromatic N) is 3. The van der Waals surface area contributed by atoms with Crippen LogP contribution in [0.25, 0.3) is 6.08 Å². The van der Waals surface area contributed by atoms with Gasteiger partial charge in [0.15, 0.2) is 0 Å². The molecule has 0 radical (unpaired) electrons. The van der Waals surface area contributed by atoms with Gasteiger partial charge in [-0.1, -0.05) is 30.3 Å². The summed E-state index contributed by atoms with van der Waals surface area (Å²) in [6.45, 7) is 1.79. The second-order valence-electron chi connectivity index (χ2n) is 8.08. The molecule has 3 aromatic rings. The van der Waals surface area contributed by atoms with E-state index < -0.39 is 10.0 Å². The summed E-state index contributed by atoms with van der Waals surface area (Å²) in [7, 11) is -0.660. The van der Waals surface area contributed by atoms with Crippen molar-refractivity contribution in [2.45, 2.75) is 11.8 Å². The minimum absolute atomic E-state index is 0.113. The largest absolute Gasteiger partial charge is 0.322 e. The first-order valence-electron chi connectivity index (χ1n) is 10.8. The molecule has 1 aliphatic rings. The lowest BCUT2D eigenvalue weighted by molar-refractivity contribution is -0.114. The smallest absolute Gasteiger partial charge is 0.280 e. The van der Waals surface area contributed by atoms with E-state index >= 15 is 0 Å². The van der Waals surface area contributed by atoms with Gasteiger partial charge in [-0.05, 0) is 67.1 Å². The van der Waals surface area contributed by atoms with Crippen molar-refractivity contribution in [1.82, 2.24) is 4.31 Å². The van der Waals surface area contributed by atoms with Crippen LogP contribution in [0.2, 0.25) is 0 Å². The molecule has 8 nitrogen and oxygen atoms in total. The maximum absolute atomic E-state index is 12.9. The first kappa shape index (κ1) is 24.1. The van der Waals surface area contributed by atoms with Crippen molar-refractivity contribution in [3.63, 3.8) is 0 Å². The third-order valence-electron chi connectivity index (χ3n) is 5.44. The Morgan fingerprint density at radius 3 is 2.17 bits per heavy atom. The molecule has 1 heterocycles. The summed E-state index contributed by atoms with van der Waals surface area (Å²) in [4.78, 5) is 25.6. The van der Waals surface area contributed by atoms with Crippen LogP contribution < -0.4 is 10.3 Å². The van der Waals surface area contributed by atoms with Crippen LogP contribution in [-0.2, 0) is 14.8 Å². The van der Waals surface area contributed by atoms with Crippen LogP contribution in [0.15, 0.2) is 94.4 Å². The Labute approximate surface area is 204 Å². The molecule has 0 spiro atoms. The summed E-state index contributed by atoms with van der Waals surface area (Å²) in [6.07, 6.45) is 1.76. The average Bonchev–Trinajstić information content (AvgIpc) is 3.14. The molecule has 0 saturated carbocycles. The third kappa shape index (κ3) is 5.06. The van der Waals surface area contributed by atoms with Crippen LogP contribution in [0.1, 0.15) is 22.8 Å². The molecular formula is C26H24N4O4S. The van der Waals surface area contributed by atoms with Crippen LogP contribution in [0.4, 0.5) is 11.4 Å². The summed E-state index contributed by atoms with van der Waals surface area (Å²) in [5, 5.41) is 8.54. The molecule has 0 aliphatic carbocycles. The fourth-order valence-corrected chi connectivity index (χ4v) is 4.35. The van der Waals surface area contributed by atoms with Crippen molar-refractivity contribution >= 4 is 45.0 Å². The van der Waals surface area contributed by atoms with Gasteiger partial charge in [-0.25, -0.2) is 12.7 Å². The topological polar surface area (TPSA) is 99.1 Å². The highest BCUT2D eigenvalue weighted by atomic mass is 32.2. The summed E-state index contributed by atoms with van der Waals surface area (Å²) in [5.41, 5.74) is 3.50. The van der Waals surface area contributed by atoms with Gasteiger partial charge in [-0.2, -0.15) is 10.1 Å². The van der Waals surface area contributed by atoms with Gasteiger partial charge < -0.3 is 5.32 Å². The molecule has 0 atom stereocenters. The lowest BCUT2D eigenvalue weighted by Crippen LogP contribution is -2.22. The minimum Gasteiger partial charge on any atom is -0.322 e. The maximum Gasteiger partial charge on any atom is 0.280 e. The van der Waals surface area contributed by atoms with Crippen molar-refractivity contribution < 1.29 is 18.0 Å². The Balaban J connectivity index is 1.45. The highest BCUT2D eigenvalue weighted by Gasteiger charge is 2.28. The number of carbonyl (C=O) groups is 2. The van der Waals surface area contributed by atoms with Gasteiger partial charge in [0.25, 0.3) is 11.8 Å². The molecule has 178 valence electrons. The number of hydrazone groups is 1. The Morgan fingerprint density at radius 1 is 0.943 bits per heavy atom. The molecule has 0 unspecified atom stereocenters. The third-order valence-corrected chi connectivity index (χ3v) is 7.27. The zero-order valence-corrected chi connectivity index (χ0v) is 20.3. The molecule has 3 aromatic carbocycles. The summed E-state index contributed by atoms with van der Waals surface area (Å²) < 4.78 is 25.5. The van der Waals surface area contributed by atoms with Crippen molar-refractivity contribution in [2.75, 3.05) is 24.4 Å². The van der Waals surface area contributed by atoms with Gasteiger partial charge in [0.05, 0.1) is 21.9 Å². The first-order valence-corrected chi connectivity index (χ1v) is 12.2. The predicted octanol–water partition coefficient (Wildman–Crippen LogP) is 4.00. The minimum atomic E-state index is -3.56. The number of para-hydroxylation sites is 1. The number of carbonyl (C=O) groups excluding carboxylic acids is 2. The highest BCUT2D eigenvalue weighted by molar-refractivity contribution is 7.89. The second-order valence-corrected chi connectivity index (χ2v) is 10.2. The average molecular weight is 489 g/mol. The van der Waals surface area contributed by atoms with Crippen LogP contribution in [0.3, 0.4) is 0 Å². The van der Waals surface area contributed by atoms with E-state index in [4.69, 9.17) is 0 Å². The standard InChI is InChI=1S/C26H24N4O4S/c1-18-24(26(32)30(28-18)22-7-5-4-6-8-22)17-19-9-13-21(14-10-19)27-25(31)20-11-15-23(16-12-20)35(33,34)29(2)3/h4-17H,1-3H3,(H,27,31)/b24-17-. The van der Waals surface area contributed by atoms with E-state index in [0.717, 1.165) is 9.87 Å². The number of rotatable bonds is 6. The number of nitrogens with one attached hydrogen (secondary N) is 1. The predicted molar refractivity (Wildman–Crippen MR) is 137 cm³/mol. The molecule has 0 aromatic heterocycles. The lowest BCUT2D eigenvalue weighted by Gasteiger charge is -2.12. The van der Waals surface area contributed by atoms with Crippen molar-refractivity contribution in [1.29, 1.82) is 0 Å². The van der Waals surface area contributed by atoms with Crippen LogP contribution >= 0.6 is 0 Å². The quantitative estimate of drug-likeness (QED) is 0.530. The van der Waals surface area contributed by atoms with Crippen molar-refractivity contribution in [3.05, 3.63) is 95.6 Å². The Kier molecular flexibility index (Phi) is 6.63. The van der Waals surface area contributed by atoms with Gasteiger partial charge in [0.1, 0.15) is 0 Å². The molecule has 1 aliphatic heterocycles. The van der Waals surface area contributed by atoms with E-state index in [-0.39, 0.29) is 16.7 Å². The first-order chi connectivity index (χ1) is 16.7. The van der Waals surface area contributed by atoms with Gasteiger partial charge in [0.2, 0.25) is 10.0 Å². The molecule has 9 heteroatoms. The van der Waals surface area contributed by atoms with Crippen LogP contribution in [-0.4, -0.2) is 44.3 Å². The normalized spacial score (nSPS) is 15.0. The van der Waals surface area contributed by atoms with Crippen molar-refractivity contribution in [3.8, 4) is 0 Å². The summed E-state index contributed by atoms with van der Waals surface area (Å²) >= 11 is 0. The SMILES string of the molecule is CC1=NN(c2ccccc2)C(=O)/C1=C\c1ccc(NC(=O)c2ccc(S(=O)(=O)N(C)C)cc2)cc1. The number of hydrogen-bond donors (Lipinski definition) is 1. The molecule has 35 heavy (non-hydrogen) atoms. The maximum atomic E-state index is 12.9.